The predicted molar refractivity (Wildman–Crippen MR) is 59.1 cm³/mol. The minimum absolute atomic E-state index is 0.255. The van der Waals surface area contributed by atoms with Crippen LogP contribution in [-0.4, -0.2) is 12.6 Å². The van der Waals surface area contributed by atoms with Gasteiger partial charge in [0.2, 0.25) is 0 Å². The minimum Gasteiger partial charge on any atom is -0.456 e. The zero-order valence-corrected chi connectivity index (χ0v) is 9.13. The molecule has 1 rings (SSSR count). The molecular weight excluding hydrogens is 209 g/mol. The highest BCUT2D eigenvalue weighted by molar-refractivity contribution is 5.89. The van der Waals surface area contributed by atoms with Crippen LogP contribution >= 0.6 is 0 Å². The van der Waals surface area contributed by atoms with Gasteiger partial charge >= 0.3 is 5.97 Å². The molecule has 3 nitrogen and oxygen atoms in total. The number of carbonyl (C=O) groups is 1. The zero-order valence-electron chi connectivity index (χ0n) is 9.13. The van der Waals surface area contributed by atoms with Gasteiger partial charge < -0.3 is 10.5 Å². The van der Waals surface area contributed by atoms with Crippen molar-refractivity contribution in [2.75, 3.05) is 12.3 Å². The number of benzene rings is 1. The molecule has 0 bridgehead atoms. The summed E-state index contributed by atoms with van der Waals surface area (Å²) in [4.78, 5) is 11.0. The Kier molecular flexibility index (Phi) is 3.90. The first kappa shape index (κ1) is 12.1. The van der Waals surface area contributed by atoms with Crippen LogP contribution in [-0.2, 0) is 9.53 Å². The lowest BCUT2D eigenvalue weighted by molar-refractivity contribution is -0.136. The Labute approximate surface area is 93.4 Å². The Morgan fingerprint density at radius 1 is 1.56 bits per heavy atom. The first-order chi connectivity index (χ1) is 7.54. The molecule has 1 aromatic carbocycles. The number of hydrogen-bond acceptors (Lipinski definition) is 3. The Hall–Kier alpha value is -2.02. The smallest absolute Gasteiger partial charge is 0.384 e. The minimum atomic E-state index is -0.649. The van der Waals surface area contributed by atoms with Gasteiger partial charge in [0.05, 0.1) is 17.9 Å². The van der Waals surface area contributed by atoms with Gasteiger partial charge in [-0.3, -0.25) is 0 Å². The number of carbonyl (C=O) groups excluding carboxylic acids is 1. The van der Waals surface area contributed by atoms with Crippen LogP contribution in [0, 0.1) is 24.6 Å². The highest BCUT2D eigenvalue weighted by Crippen LogP contribution is 2.17. The topological polar surface area (TPSA) is 52.3 Å². The molecule has 0 radical (unpaired) electrons. The average molecular weight is 221 g/mol. The van der Waals surface area contributed by atoms with Crippen LogP contribution in [0.2, 0.25) is 0 Å². The van der Waals surface area contributed by atoms with Gasteiger partial charge in [0.25, 0.3) is 0 Å². The summed E-state index contributed by atoms with van der Waals surface area (Å²) in [5.74, 6) is 3.65. The standard InChI is InChI=1S/C12H12FNO2/c1-3-16-11(15)5-4-9-7-10(13)6-8(2)12(9)14/h6-7H,3,14H2,1-2H3. The van der Waals surface area contributed by atoms with Gasteiger partial charge in [-0.1, -0.05) is 5.92 Å². The third-order valence-electron chi connectivity index (χ3n) is 1.93. The van der Waals surface area contributed by atoms with Crippen LogP contribution in [0.25, 0.3) is 0 Å². The fourth-order valence-corrected chi connectivity index (χ4v) is 1.14. The van der Waals surface area contributed by atoms with Crippen LogP contribution in [0.15, 0.2) is 12.1 Å². The summed E-state index contributed by atoms with van der Waals surface area (Å²) < 4.78 is 17.7. The average Bonchev–Trinajstić information content (AvgIpc) is 2.21. The highest BCUT2D eigenvalue weighted by atomic mass is 19.1. The van der Waals surface area contributed by atoms with Crippen molar-refractivity contribution in [2.45, 2.75) is 13.8 Å². The molecule has 0 aromatic heterocycles. The number of nitrogens with two attached hydrogens (primary N) is 1. The SMILES string of the molecule is CCOC(=O)C#Cc1cc(F)cc(C)c1N. The Bertz CT molecular complexity index is 472. The summed E-state index contributed by atoms with van der Waals surface area (Å²) >= 11 is 0. The first-order valence-electron chi connectivity index (χ1n) is 4.79. The van der Waals surface area contributed by atoms with E-state index in [1.807, 2.05) is 0 Å². The molecule has 84 valence electrons. The molecule has 2 N–H and O–H groups in total. The van der Waals surface area contributed by atoms with E-state index < -0.39 is 11.8 Å². The second-order valence-electron chi connectivity index (χ2n) is 3.15. The number of hydrogen-bond donors (Lipinski definition) is 1. The van der Waals surface area contributed by atoms with Crippen LogP contribution in [0.1, 0.15) is 18.1 Å². The molecule has 0 amide bonds. The van der Waals surface area contributed by atoms with Gasteiger partial charge in [-0.2, -0.15) is 0 Å². The number of nitrogen functional groups attached to an aromatic ring is 1. The van der Waals surface area contributed by atoms with Crippen molar-refractivity contribution in [1.29, 1.82) is 0 Å². The first-order valence-corrected chi connectivity index (χ1v) is 4.79. The Morgan fingerprint density at radius 2 is 2.25 bits per heavy atom. The molecule has 0 aliphatic carbocycles. The quantitative estimate of drug-likeness (QED) is 0.445. The maximum absolute atomic E-state index is 13.0. The fourth-order valence-electron chi connectivity index (χ4n) is 1.14. The molecule has 4 heteroatoms. The molecule has 0 unspecified atom stereocenters. The van der Waals surface area contributed by atoms with Gasteiger partial charge in [0.15, 0.2) is 0 Å². The molecule has 0 atom stereocenters. The summed E-state index contributed by atoms with van der Waals surface area (Å²) in [7, 11) is 0. The van der Waals surface area contributed by atoms with E-state index in [2.05, 4.69) is 16.6 Å². The predicted octanol–water partition coefficient (Wildman–Crippen LogP) is 1.63. The van der Waals surface area contributed by atoms with Gasteiger partial charge in [0, 0.05) is 5.92 Å². The van der Waals surface area contributed by atoms with E-state index >= 15 is 0 Å². The second-order valence-corrected chi connectivity index (χ2v) is 3.15. The largest absolute Gasteiger partial charge is 0.456 e. The van der Waals surface area contributed by atoms with E-state index in [0.29, 0.717) is 16.8 Å². The molecule has 0 aliphatic heterocycles. The lowest BCUT2D eigenvalue weighted by Gasteiger charge is -2.02. The molecule has 0 saturated heterocycles. The lowest BCUT2D eigenvalue weighted by Crippen LogP contribution is -2.00. The Balaban J connectivity index is 3.01. The molecule has 0 saturated carbocycles. The van der Waals surface area contributed by atoms with E-state index in [1.54, 1.807) is 13.8 Å². The van der Waals surface area contributed by atoms with E-state index in [4.69, 9.17) is 5.73 Å². The number of rotatable bonds is 1. The van der Waals surface area contributed by atoms with Gasteiger partial charge in [-0.25, -0.2) is 9.18 Å². The maximum atomic E-state index is 13.0. The fraction of sp³-hybridized carbons (Fsp3) is 0.250. The van der Waals surface area contributed by atoms with Gasteiger partial charge in [-0.05, 0) is 31.5 Å². The summed E-state index contributed by atoms with van der Waals surface area (Å²) in [5, 5.41) is 0. The van der Waals surface area contributed by atoms with Crippen molar-refractivity contribution in [3.63, 3.8) is 0 Å². The van der Waals surface area contributed by atoms with E-state index in [0.717, 1.165) is 0 Å². The van der Waals surface area contributed by atoms with E-state index in [1.165, 1.54) is 12.1 Å². The molecular formula is C12H12FNO2. The zero-order chi connectivity index (χ0) is 12.1. The van der Waals surface area contributed by atoms with Crippen molar-refractivity contribution >= 4 is 11.7 Å². The molecule has 1 aromatic rings. The van der Waals surface area contributed by atoms with Crippen molar-refractivity contribution in [1.82, 2.24) is 0 Å². The molecule has 0 heterocycles. The number of anilines is 1. The van der Waals surface area contributed by atoms with E-state index in [9.17, 15) is 9.18 Å². The molecule has 0 fully saturated rings. The normalized spacial score (nSPS) is 9.19. The summed E-state index contributed by atoms with van der Waals surface area (Å²) in [6.07, 6.45) is 0. The molecule has 0 spiro atoms. The van der Waals surface area contributed by atoms with Gasteiger partial charge in [-0.15, -0.1) is 0 Å². The van der Waals surface area contributed by atoms with Crippen molar-refractivity contribution in [2.24, 2.45) is 0 Å². The van der Waals surface area contributed by atoms with Crippen LogP contribution in [0.5, 0.6) is 0 Å². The monoisotopic (exact) mass is 221 g/mol. The van der Waals surface area contributed by atoms with E-state index in [-0.39, 0.29) is 6.61 Å². The summed E-state index contributed by atoms with van der Waals surface area (Å²) in [6.45, 7) is 3.61. The highest BCUT2D eigenvalue weighted by Gasteiger charge is 2.03. The number of aryl methyl sites for hydroxylation is 1. The van der Waals surface area contributed by atoms with Crippen molar-refractivity contribution in [3.8, 4) is 11.8 Å². The Morgan fingerprint density at radius 3 is 2.88 bits per heavy atom. The molecule has 0 aliphatic rings. The lowest BCUT2D eigenvalue weighted by atomic mass is 10.1. The summed E-state index contributed by atoms with van der Waals surface area (Å²) in [5.41, 5.74) is 6.95. The van der Waals surface area contributed by atoms with Crippen molar-refractivity contribution < 1.29 is 13.9 Å². The van der Waals surface area contributed by atoms with Crippen LogP contribution < -0.4 is 5.73 Å². The van der Waals surface area contributed by atoms with Crippen LogP contribution in [0.4, 0.5) is 10.1 Å². The number of ether oxygens (including phenoxy) is 1. The third-order valence-corrected chi connectivity index (χ3v) is 1.93. The second kappa shape index (κ2) is 5.17. The number of halogens is 1. The van der Waals surface area contributed by atoms with Gasteiger partial charge in [0.1, 0.15) is 5.82 Å². The maximum Gasteiger partial charge on any atom is 0.384 e. The van der Waals surface area contributed by atoms with Crippen molar-refractivity contribution in [3.05, 3.63) is 29.1 Å². The molecule has 16 heavy (non-hydrogen) atoms. The summed E-state index contributed by atoms with van der Waals surface area (Å²) in [6, 6.07) is 2.50. The number of esters is 1. The van der Waals surface area contributed by atoms with Crippen LogP contribution in [0.3, 0.4) is 0 Å². The third kappa shape index (κ3) is 2.99.